The molecule has 1 aliphatic carbocycles. The SMILES string of the molecule is CC(C)NC(=O)N(C)C[C@H]1Oc2ccc(NC(=O)NC3CCCCC3)cc2CC(=O)N([C@H](C)CO)C[C@@H]1C. The number of aliphatic hydroxyl groups is 1. The number of nitrogens with zero attached hydrogens (tertiary/aromatic N) is 2. The number of hydrogen-bond donors (Lipinski definition) is 4. The maximum Gasteiger partial charge on any atom is 0.319 e. The molecular weight excluding hydrogens is 486 g/mol. The van der Waals surface area contributed by atoms with Gasteiger partial charge in [-0.3, -0.25) is 4.79 Å². The highest BCUT2D eigenvalue weighted by Crippen LogP contribution is 2.29. The summed E-state index contributed by atoms with van der Waals surface area (Å²) in [5.74, 6) is 0.301. The van der Waals surface area contributed by atoms with Crippen LogP contribution in [0.15, 0.2) is 18.2 Å². The monoisotopic (exact) mass is 531 g/mol. The zero-order valence-corrected chi connectivity index (χ0v) is 23.5. The van der Waals surface area contributed by atoms with Crippen molar-refractivity contribution in [2.24, 2.45) is 5.92 Å². The van der Waals surface area contributed by atoms with Crippen molar-refractivity contribution in [3.05, 3.63) is 23.8 Å². The Morgan fingerprint density at radius 1 is 1.18 bits per heavy atom. The number of amides is 5. The van der Waals surface area contributed by atoms with Crippen LogP contribution >= 0.6 is 0 Å². The van der Waals surface area contributed by atoms with E-state index in [-0.39, 0.29) is 55.0 Å². The van der Waals surface area contributed by atoms with Crippen LogP contribution in [0.1, 0.15) is 65.4 Å². The molecule has 4 N–H and O–H groups in total. The minimum Gasteiger partial charge on any atom is -0.488 e. The van der Waals surface area contributed by atoms with Crippen LogP contribution in [0.25, 0.3) is 0 Å². The largest absolute Gasteiger partial charge is 0.488 e. The van der Waals surface area contributed by atoms with Gasteiger partial charge in [-0.25, -0.2) is 9.59 Å². The van der Waals surface area contributed by atoms with Crippen LogP contribution in [0.3, 0.4) is 0 Å². The predicted molar refractivity (Wildman–Crippen MR) is 147 cm³/mol. The lowest BCUT2D eigenvalue weighted by atomic mass is 9.96. The fraction of sp³-hybridized carbons (Fsp3) is 0.679. The lowest BCUT2D eigenvalue weighted by Gasteiger charge is -2.34. The molecule has 0 spiro atoms. The number of hydrogen-bond acceptors (Lipinski definition) is 5. The number of nitrogens with one attached hydrogen (secondary N) is 3. The van der Waals surface area contributed by atoms with Crippen molar-refractivity contribution in [1.82, 2.24) is 20.4 Å². The molecule has 1 aromatic carbocycles. The van der Waals surface area contributed by atoms with E-state index in [9.17, 15) is 19.5 Å². The quantitative estimate of drug-likeness (QED) is 0.430. The average molecular weight is 532 g/mol. The highest BCUT2D eigenvalue weighted by atomic mass is 16.5. The van der Waals surface area contributed by atoms with Crippen LogP contribution in [-0.4, -0.2) is 83.8 Å². The van der Waals surface area contributed by atoms with Crippen molar-refractivity contribution in [2.75, 3.05) is 32.1 Å². The predicted octanol–water partition coefficient (Wildman–Crippen LogP) is 3.34. The van der Waals surface area contributed by atoms with Gasteiger partial charge in [0.25, 0.3) is 0 Å². The van der Waals surface area contributed by atoms with E-state index < -0.39 is 6.10 Å². The number of rotatable bonds is 7. The second kappa shape index (κ2) is 13.7. The van der Waals surface area contributed by atoms with E-state index in [0.29, 0.717) is 30.1 Å². The number of likely N-dealkylation sites (N-methyl/N-ethyl adjacent to an activating group) is 1. The second-order valence-corrected chi connectivity index (χ2v) is 11.1. The van der Waals surface area contributed by atoms with Gasteiger partial charge in [-0.05, 0) is 51.8 Å². The Labute approximate surface area is 226 Å². The molecular formula is C28H45N5O5. The van der Waals surface area contributed by atoms with E-state index in [1.54, 1.807) is 35.0 Å². The van der Waals surface area contributed by atoms with Crippen molar-refractivity contribution >= 4 is 23.7 Å². The maximum absolute atomic E-state index is 13.4. The van der Waals surface area contributed by atoms with Gasteiger partial charge in [0, 0.05) is 42.8 Å². The Balaban J connectivity index is 1.83. The van der Waals surface area contributed by atoms with Gasteiger partial charge in [0.05, 0.1) is 25.6 Å². The van der Waals surface area contributed by atoms with Crippen LogP contribution in [0.2, 0.25) is 0 Å². The summed E-state index contributed by atoms with van der Waals surface area (Å²) < 4.78 is 6.46. The Morgan fingerprint density at radius 2 is 1.89 bits per heavy atom. The van der Waals surface area contributed by atoms with E-state index in [4.69, 9.17) is 4.74 Å². The molecule has 1 fully saturated rings. The summed E-state index contributed by atoms with van der Waals surface area (Å²) >= 11 is 0. The topological polar surface area (TPSA) is 123 Å². The number of anilines is 1. The van der Waals surface area contributed by atoms with Gasteiger partial charge in [-0.15, -0.1) is 0 Å². The zero-order valence-electron chi connectivity index (χ0n) is 23.5. The molecule has 2 aliphatic rings. The van der Waals surface area contributed by atoms with E-state index >= 15 is 0 Å². The highest BCUT2D eigenvalue weighted by molar-refractivity contribution is 5.90. The normalized spacial score (nSPS) is 21.3. The van der Waals surface area contributed by atoms with Crippen LogP contribution in [0, 0.1) is 5.92 Å². The minimum atomic E-state index is -0.399. The fourth-order valence-corrected chi connectivity index (χ4v) is 5.03. The minimum absolute atomic E-state index is 0.00398. The first kappa shape index (κ1) is 29.5. The summed E-state index contributed by atoms with van der Waals surface area (Å²) in [5.41, 5.74) is 1.22. The summed E-state index contributed by atoms with van der Waals surface area (Å²) in [4.78, 5) is 41.8. The molecule has 1 saturated carbocycles. The van der Waals surface area contributed by atoms with E-state index in [1.807, 2.05) is 27.7 Å². The molecule has 0 radical (unpaired) electrons. The summed E-state index contributed by atoms with van der Waals surface area (Å²) in [6.45, 7) is 8.15. The molecule has 0 saturated heterocycles. The van der Waals surface area contributed by atoms with Crippen LogP contribution in [0.4, 0.5) is 15.3 Å². The van der Waals surface area contributed by atoms with Gasteiger partial charge >= 0.3 is 12.1 Å². The van der Waals surface area contributed by atoms with Gasteiger partial charge in [-0.1, -0.05) is 26.2 Å². The lowest BCUT2D eigenvalue weighted by molar-refractivity contribution is -0.134. The average Bonchev–Trinajstić information content (AvgIpc) is 2.91. The van der Waals surface area contributed by atoms with Crippen molar-refractivity contribution in [3.63, 3.8) is 0 Å². The third kappa shape index (κ3) is 8.24. The number of ether oxygens (including phenoxy) is 1. The van der Waals surface area contributed by atoms with Gasteiger partial charge < -0.3 is 35.6 Å². The molecule has 3 rings (SSSR count). The molecule has 1 aliphatic heterocycles. The first-order chi connectivity index (χ1) is 18.1. The summed E-state index contributed by atoms with van der Waals surface area (Å²) in [5, 5.41) is 18.7. The molecule has 1 aromatic rings. The number of aliphatic hydroxyl groups excluding tert-OH is 1. The molecule has 0 bridgehead atoms. The highest BCUT2D eigenvalue weighted by Gasteiger charge is 2.32. The summed E-state index contributed by atoms with van der Waals surface area (Å²) in [6.07, 6.45) is 5.11. The van der Waals surface area contributed by atoms with E-state index in [0.717, 1.165) is 25.7 Å². The van der Waals surface area contributed by atoms with Crippen molar-refractivity contribution in [1.29, 1.82) is 0 Å². The fourth-order valence-electron chi connectivity index (χ4n) is 5.03. The van der Waals surface area contributed by atoms with E-state index in [2.05, 4.69) is 16.0 Å². The number of carbonyl (C=O) groups excluding carboxylic acids is 3. The number of fused-ring (bicyclic) bond motifs is 1. The van der Waals surface area contributed by atoms with Gasteiger partial charge in [0.1, 0.15) is 11.9 Å². The van der Waals surface area contributed by atoms with Crippen LogP contribution < -0.4 is 20.7 Å². The summed E-state index contributed by atoms with van der Waals surface area (Å²) in [6, 6.07) is 4.69. The number of benzene rings is 1. The first-order valence-corrected chi connectivity index (χ1v) is 13.9. The molecule has 10 nitrogen and oxygen atoms in total. The summed E-state index contributed by atoms with van der Waals surface area (Å²) in [7, 11) is 1.72. The maximum atomic E-state index is 13.4. The molecule has 5 amide bonds. The Kier molecular flexibility index (Phi) is 10.6. The van der Waals surface area contributed by atoms with E-state index in [1.165, 1.54) is 6.42 Å². The van der Waals surface area contributed by atoms with Crippen molar-refractivity contribution < 1.29 is 24.2 Å². The Morgan fingerprint density at radius 3 is 2.55 bits per heavy atom. The first-order valence-electron chi connectivity index (χ1n) is 13.9. The smallest absolute Gasteiger partial charge is 0.319 e. The third-order valence-corrected chi connectivity index (χ3v) is 7.33. The zero-order chi connectivity index (χ0) is 27.8. The van der Waals surface area contributed by atoms with Crippen molar-refractivity contribution in [3.8, 4) is 5.75 Å². The molecule has 212 valence electrons. The molecule has 0 unspecified atom stereocenters. The number of carbonyl (C=O) groups is 3. The Bertz CT molecular complexity index is 965. The second-order valence-electron chi connectivity index (χ2n) is 11.1. The lowest BCUT2D eigenvalue weighted by Crippen LogP contribution is -2.49. The molecule has 0 aromatic heterocycles. The standard InChI is InChI=1S/C28H45N5O5/c1-18(2)29-28(37)32(5)16-25-19(3)15-33(20(4)17-34)26(35)14-21-13-23(11-12-24(21)38-25)31-27(36)30-22-9-7-6-8-10-22/h11-13,18-20,22,25,34H,6-10,14-17H2,1-5H3,(H,29,37)(H2,30,31,36)/t19-,20+,25+/m0/s1. The molecule has 3 atom stereocenters. The third-order valence-electron chi connectivity index (χ3n) is 7.33. The van der Waals surface area contributed by atoms with Gasteiger partial charge in [-0.2, -0.15) is 0 Å². The van der Waals surface area contributed by atoms with Gasteiger partial charge in [0.2, 0.25) is 5.91 Å². The van der Waals surface area contributed by atoms with Crippen LogP contribution in [-0.2, 0) is 11.2 Å². The molecule has 38 heavy (non-hydrogen) atoms. The molecule has 1 heterocycles. The Hall–Kier alpha value is -3.01. The van der Waals surface area contributed by atoms with Crippen LogP contribution in [0.5, 0.6) is 5.75 Å². The van der Waals surface area contributed by atoms with Gasteiger partial charge in [0.15, 0.2) is 0 Å². The number of urea groups is 2. The van der Waals surface area contributed by atoms with Crippen molar-refractivity contribution in [2.45, 2.75) is 90.4 Å². The molecule has 10 heteroatoms.